The van der Waals surface area contributed by atoms with Crippen molar-refractivity contribution in [2.75, 3.05) is 21.3 Å². The zero-order chi connectivity index (χ0) is 45.4. The van der Waals surface area contributed by atoms with E-state index in [2.05, 4.69) is 76.6 Å². The minimum Gasteiger partial charge on any atom is -0.469 e. The van der Waals surface area contributed by atoms with E-state index in [0.717, 1.165) is 62.3 Å². The van der Waals surface area contributed by atoms with Crippen molar-refractivity contribution in [3.05, 3.63) is 166 Å². The molecule has 0 fully saturated rings. The monoisotopic (exact) mass is 868 g/mol. The first-order valence-corrected chi connectivity index (χ1v) is 20.0. The minimum absolute atomic E-state index is 0. The number of methoxy groups -OCH3 is 3. The fourth-order valence-electron chi connectivity index (χ4n) is 5.31. The Hall–Kier alpha value is -6.20. The van der Waals surface area contributed by atoms with E-state index >= 15 is 0 Å². The molecule has 1 aromatic carbocycles. The number of esters is 1. The van der Waals surface area contributed by atoms with Gasteiger partial charge in [-0.25, -0.2) is 9.31 Å². The van der Waals surface area contributed by atoms with Crippen molar-refractivity contribution in [2.45, 2.75) is 66.8 Å². The molecule has 0 aliphatic heterocycles. The van der Waals surface area contributed by atoms with Crippen molar-refractivity contribution in [3.8, 4) is 0 Å². The van der Waals surface area contributed by atoms with E-state index in [-0.39, 0.29) is 37.2 Å². The maximum Gasteiger partial charge on any atom is 1.00 e. The predicted octanol–water partition coefficient (Wildman–Crippen LogP) is 5.98. The summed E-state index contributed by atoms with van der Waals surface area (Å²) in [7, 11) is 3.88. The molecule has 0 atom stereocenters. The summed E-state index contributed by atoms with van der Waals surface area (Å²) in [5, 5.41) is 12.8. The molecular formula is C47H54ClLiN8O6. The van der Waals surface area contributed by atoms with Crippen molar-refractivity contribution in [3.63, 3.8) is 0 Å². The number of rotatable bonds is 8. The van der Waals surface area contributed by atoms with E-state index in [1.807, 2.05) is 93.8 Å². The second-order valence-electron chi connectivity index (χ2n) is 13.7. The van der Waals surface area contributed by atoms with Gasteiger partial charge in [-0.15, -0.1) is 5.10 Å². The van der Waals surface area contributed by atoms with Crippen molar-refractivity contribution < 1.29 is 47.5 Å². The molecule has 0 radical (unpaired) electrons. The average molecular weight is 869 g/mol. The van der Waals surface area contributed by atoms with Crippen LogP contribution in [0, 0.1) is 34.6 Å². The quantitative estimate of drug-likeness (QED) is 0.108. The standard InChI is InChI=1S/C24H19ClN6O.C9H11NO2.C7H9N.C4H9.C3H6O3.Li/c1-15-5-7-31-23(8-15)22(29-30-31)14-28-24(32)17-4-6-26-20(12-17)10-16-2-3-21-18(9-16)11-19(25)13-27-21;1-7-3-4-10-8(5-7)6-9(11)12-2;1-6-3-4-8-7(2)5-6;1-3-4-2;1-5-3(4)6-2;/h2-9,11-13H,10,14H2,1H3,(H,28,32);3-5H,6H2,1-2H3;3-5H,1-2H3;1,3-4H2,2H3;1-2H3;/q;;;-1;;+1. The van der Waals surface area contributed by atoms with Gasteiger partial charge in [-0.2, -0.15) is 6.42 Å². The molecule has 0 saturated heterocycles. The van der Waals surface area contributed by atoms with E-state index in [0.29, 0.717) is 23.6 Å². The number of unbranched alkanes of at least 4 members (excludes halogenated alkanes) is 1. The average Bonchev–Trinajstić information content (AvgIpc) is 3.67. The van der Waals surface area contributed by atoms with Gasteiger partial charge in [-0.1, -0.05) is 36.2 Å². The number of amides is 1. The number of ether oxygens (including phenoxy) is 3. The molecule has 7 rings (SSSR count). The van der Waals surface area contributed by atoms with Crippen LogP contribution in [0.1, 0.15) is 75.2 Å². The largest absolute Gasteiger partial charge is 1.00 e. The van der Waals surface area contributed by atoms with Crippen LogP contribution in [0.3, 0.4) is 0 Å². The Balaban J connectivity index is 0.000000359. The molecule has 6 heterocycles. The SMILES string of the molecule is COC(=O)Cc1cc(C)ccn1.COC(=O)OC.Cc1ccn2nnc(CNC(=O)c3ccnc(Cc4ccc5ncc(Cl)cc5c4)c3)c2c1.Cc1ccnc(C)c1.[CH2-]CCC.[Li+]. The zero-order valence-electron chi connectivity index (χ0n) is 37.5. The van der Waals surface area contributed by atoms with Crippen molar-refractivity contribution in [2.24, 2.45) is 0 Å². The van der Waals surface area contributed by atoms with E-state index < -0.39 is 6.16 Å². The fraction of sp³-hybridized carbons (Fsp3) is 0.277. The second-order valence-corrected chi connectivity index (χ2v) is 14.1. The molecule has 1 amide bonds. The molecule has 0 bridgehead atoms. The minimum atomic E-state index is -0.657. The number of hydrogen-bond acceptors (Lipinski definition) is 12. The molecule has 6 aromatic heterocycles. The predicted molar refractivity (Wildman–Crippen MR) is 241 cm³/mol. The Morgan fingerprint density at radius 3 is 2.02 bits per heavy atom. The molecule has 1 N–H and O–H groups in total. The molecular weight excluding hydrogens is 815 g/mol. The Morgan fingerprint density at radius 1 is 0.762 bits per heavy atom. The first kappa shape index (κ1) is 52.9. The molecule has 16 heteroatoms. The summed E-state index contributed by atoms with van der Waals surface area (Å²) in [6.07, 6.45) is 11.1. The van der Waals surface area contributed by atoms with Crippen LogP contribution >= 0.6 is 11.6 Å². The molecule has 0 aliphatic carbocycles. The fourth-order valence-corrected chi connectivity index (χ4v) is 5.48. The number of benzene rings is 1. The van der Waals surface area contributed by atoms with Gasteiger partial charge >= 0.3 is 31.0 Å². The molecule has 0 aliphatic rings. The number of fused-ring (bicyclic) bond motifs is 2. The summed E-state index contributed by atoms with van der Waals surface area (Å²) >= 11 is 6.06. The molecule has 63 heavy (non-hydrogen) atoms. The maximum atomic E-state index is 12.7. The number of pyridine rings is 5. The summed E-state index contributed by atoms with van der Waals surface area (Å²) in [6.45, 7) is 14.0. The van der Waals surface area contributed by atoms with Gasteiger partial charge in [0.05, 0.1) is 56.0 Å². The Bertz CT molecular complexity index is 2490. The third-order valence-electron chi connectivity index (χ3n) is 8.50. The maximum absolute atomic E-state index is 12.7. The zero-order valence-corrected chi connectivity index (χ0v) is 38.3. The Labute approximate surface area is 386 Å². The number of aromatic nitrogens is 7. The van der Waals surface area contributed by atoms with Crippen LogP contribution in [0.4, 0.5) is 4.79 Å². The van der Waals surface area contributed by atoms with E-state index in [1.54, 1.807) is 29.2 Å². The summed E-state index contributed by atoms with van der Waals surface area (Å²) < 4.78 is 14.3. The van der Waals surface area contributed by atoms with E-state index in [9.17, 15) is 14.4 Å². The third kappa shape index (κ3) is 19.2. The van der Waals surface area contributed by atoms with Crippen LogP contribution in [0.5, 0.6) is 0 Å². The molecule has 326 valence electrons. The summed E-state index contributed by atoms with van der Waals surface area (Å²) in [5.41, 5.74) is 10.2. The molecule has 0 unspecified atom stereocenters. The van der Waals surface area contributed by atoms with Crippen LogP contribution in [0.25, 0.3) is 16.4 Å². The number of halogens is 1. The van der Waals surface area contributed by atoms with Crippen molar-refractivity contribution in [1.29, 1.82) is 0 Å². The first-order chi connectivity index (χ1) is 29.8. The second kappa shape index (κ2) is 28.4. The Kier molecular flexibility index (Phi) is 23.9. The van der Waals surface area contributed by atoms with E-state index in [1.165, 1.54) is 33.3 Å². The molecule has 0 spiro atoms. The van der Waals surface area contributed by atoms with Crippen LogP contribution in [0.2, 0.25) is 5.02 Å². The summed E-state index contributed by atoms with van der Waals surface area (Å²) in [6, 6.07) is 23.2. The number of carbonyl (C=O) groups is 3. The molecule has 14 nitrogen and oxygen atoms in total. The Morgan fingerprint density at radius 2 is 1.41 bits per heavy atom. The van der Waals surface area contributed by atoms with Gasteiger partial charge in [0, 0.05) is 59.7 Å². The number of nitrogens with one attached hydrogen (secondary N) is 1. The van der Waals surface area contributed by atoms with E-state index in [4.69, 9.17) is 11.6 Å². The number of aryl methyl sites for hydroxylation is 4. The smallest absolute Gasteiger partial charge is 0.469 e. The van der Waals surface area contributed by atoms with Gasteiger partial charge in [-0.3, -0.25) is 29.5 Å². The van der Waals surface area contributed by atoms with Gasteiger partial charge in [0.25, 0.3) is 5.91 Å². The summed E-state index contributed by atoms with van der Waals surface area (Å²) in [5.74, 6) is -0.440. The topological polar surface area (TPSA) is 173 Å². The molecule has 0 saturated carbocycles. The van der Waals surface area contributed by atoms with Gasteiger partial charge in [0.2, 0.25) is 0 Å². The van der Waals surface area contributed by atoms with Crippen LogP contribution < -0.4 is 24.2 Å². The normalized spacial score (nSPS) is 9.81. The van der Waals surface area contributed by atoms with Crippen LogP contribution in [-0.2, 0) is 38.4 Å². The summed E-state index contributed by atoms with van der Waals surface area (Å²) in [4.78, 5) is 50.1. The first-order valence-electron chi connectivity index (χ1n) is 19.7. The van der Waals surface area contributed by atoms with Crippen molar-refractivity contribution in [1.82, 2.24) is 40.1 Å². The molecule has 7 aromatic rings. The van der Waals surface area contributed by atoms with Gasteiger partial charge in [-0.05, 0) is 117 Å². The number of carbonyl (C=O) groups excluding carboxylic acids is 3. The third-order valence-corrected chi connectivity index (χ3v) is 8.71. The number of nitrogens with zero attached hydrogens (tertiary/aromatic N) is 7. The van der Waals surface area contributed by atoms with Gasteiger partial charge in [0.15, 0.2) is 0 Å². The van der Waals surface area contributed by atoms with Crippen molar-refractivity contribution >= 4 is 46.1 Å². The van der Waals surface area contributed by atoms with Gasteiger partial charge < -0.3 is 26.5 Å². The van der Waals surface area contributed by atoms with Gasteiger partial charge in [0.1, 0.15) is 5.69 Å². The van der Waals surface area contributed by atoms with Crippen LogP contribution in [-0.4, -0.2) is 74.1 Å². The van der Waals surface area contributed by atoms with Crippen LogP contribution in [0.15, 0.2) is 104 Å². The number of hydrogen-bond donors (Lipinski definition) is 1.